The normalized spacial score (nSPS) is 33.4. The predicted molar refractivity (Wildman–Crippen MR) is 59.3 cm³/mol. The Kier molecular flexibility index (Phi) is 1.80. The van der Waals surface area contributed by atoms with Gasteiger partial charge < -0.3 is 5.11 Å². The number of hydrogen-bond donors (Lipinski definition) is 1. The second-order valence-corrected chi connectivity index (χ2v) is 5.36. The van der Waals surface area contributed by atoms with Crippen molar-refractivity contribution in [2.24, 2.45) is 5.92 Å². The molecular formula is C12H13BrO. The van der Waals surface area contributed by atoms with Gasteiger partial charge in [-0.1, -0.05) is 28.1 Å². The van der Waals surface area contributed by atoms with Gasteiger partial charge in [0.05, 0.1) is 0 Å². The lowest BCUT2D eigenvalue weighted by Crippen LogP contribution is -2.07. The van der Waals surface area contributed by atoms with Crippen LogP contribution in [0, 0.1) is 5.92 Å². The molecule has 1 spiro atoms. The molecule has 0 radical (unpaired) electrons. The van der Waals surface area contributed by atoms with Gasteiger partial charge in [0.25, 0.3) is 0 Å². The van der Waals surface area contributed by atoms with Gasteiger partial charge in [0.15, 0.2) is 0 Å². The molecule has 0 bridgehead atoms. The summed E-state index contributed by atoms with van der Waals surface area (Å²) < 4.78 is 1.25. The summed E-state index contributed by atoms with van der Waals surface area (Å²) in [6.07, 6.45) is 3.59. The Balaban J connectivity index is 2.08. The molecule has 1 nitrogen and oxygen atoms in total. The minimum Gasteiger partial charge on any atom is -0.396 e. The van der Waals surface area contributed by atoms with Crippen molar-refractivity contribution < 1.29 is 5.11 Å². The highest BCUT2D eigenvalue weighted by Crippen LogP contribution is 2.61. The zero-order valence-electron chi connectivity index (χ0n) is 7.96. The van der Waals surface area contributed by atoms with E-state index in [-0.39, 0.29) is 0 Å². The number of fused-ring (bicyclic) bond motifs is 2. The standard InChI is InChI=1S/C12H13BrO/c13-11-3-1-2-10-9(11)4-5-12(10)6-8(12)7-14/h1-3,8,14H,4-7H2. The van der Waals surface area contributed by atoms with Crippen LogP contribution in [0.4, 0.5) is 0 Å². The van der Waals surface area contributed by atoms with Crippen molar-refractivity contribution in [1.82, 2.24) is 0 Å². The highest BCUT2D eigenvalue weighted by molar-refractivity contribution is 9.10. The summed E-state index contributed by atoms with van der Waals surface area (Å²) >= 11 is 3.61. The predicted octanol–water partition coefficient (Wildman–Crippen LogP) is 2.65. The monoisotopic (exact) mass is 252 g/mol. The molecule has 2 unspecified atom stereocenters. The molecule has 74 valence electrons. The lowest BCUT2D eigenvalue weighted by atomic mass is 9.96. The van der Waals surface area contributed by atoms with E-state index in [1.54, 1.807) is 0 Å². The van der Waals surface area contributed by atoms with Gasteiger partial charge in [0.2, 0.25) is 0 Å². The third-order valence-corrected chi connectivity index (χ3v) is 4.67. The molecule has 0 saturated heterocycles. The van der Waals surface area contributed by atoms with Crippen LogP contribution in [0.15, 0.2) is 22.7 Å². The van der Waals surface area contributed by atoms with Gasteiger partial charge >= 0.3 is 0 Å². The summed E-state index contributed by atoms with van der Waals surface area (Å²) in [5.74, 6) is 0.526. The quantitative estimate of drug-likeness (QED) is 0.815. The Hall–Kier alpha value is -0.340. The van der Waals surface area contributed by atoms with Crippen LogP contribution in [-0.4, -0.2) is 11.7 Å². The zero-order chi connectivity index (χ0) is 9.76. The molecule has 1 saturated carbocycles. The van der Waals surface area contributed by atoms with Crippen LogP contribution in [0.1, 0.15) is 24.0 Å². The van der Waals surface area contributed by atoms with E-state index in [4.69, 9.17) is 0 Å². The maximum absolute atomic E-state index is 9.21. The highest BCUT2D eigenvalue weighted by Gasteiger charge is 2.57. The van der Waals surface area contributed by atoms with Gasteiger partial charge in [0, 0.05) is 16.5 Å². The summed E-state index contributed by atoms with van der Waals surface area (Å²) in [7, 11) is 0. The molecule has 0 amide bonds. The molecule has 2 aliphatic carbocycles. The van der Waals surface area contributed by atoms with Gasteiger partial charge in [-0.3, -0.25) is 0 Å². The summed E-state index contributed by atoms with van der Waals surface area (Å²) in [6.45, 7) is 0.353. The van der Waals surface area contributed by atoms with Crippen molar-refractivity contribution in [3.63, 3.8) is 0 Å². The average Bonchev–Trinajstić information content (AvgIpc) is 2.77. The van der Waals surface area contributed by atoms with Gasteiger partial charge in [-0.25, -0.2) is 0 Å². The second kappa shape index (κ2) is 2.83. The maximum atomic E-state index is 9.21. The fraction of sp³-hybridized carbons (Fsp3) is 0.500. The maximum Gasteiger partial charge on any atom is 0.0468 e. The minimum absolute atomic E-state index is 0.353. The van der Waals surface area contributed by atoms with Crippen molar-refractivity contribution in [1.29, 1.82) is 0 Å². The van der Waals surface area contributed by atoms with Gasteiger partial charge in [-0.15, -0.1) is 0 Å². The van der Waals surface area contributed by atoms with E-state index in [0.29, 0.717) is 17.9 Å². The Labute approximate surface area is 92.3 Å². The van der Waals surface area contributed by atoms with Crippen LogP contribution in [0.5, 0.6) is 0 Å². The lowest BCUT2D eigenvalue weighted by molar-refractivity contribution is 0.263. The molecule has 1 aromatic carbocycles. The van der Waals surface area contributed by atoms with E-state index in [9.17, 15) is 5.11 Å². The Bertz CT molecular complexity index is 388. The number of aliphatic hydroxyl groups excluding tert-OH is 1. The first-order valence-corrected chi connectivity index (χ1v) is 5.96. The second-order valence-electron chi connectivity index (χ2n) is 4.51. The summed E-state index contributed by atoms with van der Waals surface area (Å²) in [4.78, 5) is 0. The molecule has 0 aromatic heterocycles. The molecule has 0 heterocycles. The molecule has 2 heteroatoms. The van der Waals surface area contributed by atoms with Crippen LogP contribution >= 0.6 is 15.9 Å². The van der Waals surface area contributed by atoms with Crippen molar-refractivity contribution in [2.75, 3.05) is 6.61 Å². The third-order valence-electron chi connectivity index (χ3n) is 3.93. The number of rotatable bonds is 1. The largest absolute Gasteiger partial charge is 0.396 e. The number of hydrogen-bond acceptors (Lipinski definition) is 1. The van der Waals surface area contributed by atoms with E-state index < -0.39 is 0 Å². The Morgan fingerprint density at radius 1 is 1.50 bits per heavy atom. The molecule has 1 N–H and O–H groups in total. The third kappa shape index (κ3) is 0.986. The topological polar surface area (TPSA) is 20.2 Å². The van der Waals surface area contributed by atoms with E-state index in [1.807, 2.05) is 0 Å². The minimum atomic E-state index is 0.353. The van der Waals surface area contributed by atoms with Crippen molar-refractivity contribution in [3.8, 4) is 0 Å². The van der Waals surface area contributed by atoms with Crippen molar-refractivity contribution >= 4 is 15.9 Å². The van der Waals surface area contributed by atoms with Crippen LogP contribution in [0.2, 0.25) is 0 Å². The Morgan fingerprint density at radius 3 is 3.07 bits per heavy atom. The molecule has 1 aromatic rings. The molecule has 2 aliphatic rings. The summed E-state index contributed by atoms with van der Waals surface area (Å²) in [5.41, 5.74) is 3.32. The smallest absolute Gasteiger partial charge is 0.0468 e. The van der Waals surface area contributed by atoms with Crippen molar-refractivity contribution in [3.05, 3.63) is 33.8 Å². The van der Waals surface area contributed by atoms with E-state index >= 15 is 0 Å². The fourth-order valence-corrected chi connectivity index (χ4v) is 3.58. The number of halogens is 1. The van der Waals surface area contributed by atoms with Gasteiger partial charge in [0.1, 0.15) is 0 Å². The van der Waals surface area contributed by atoms with Crippen LogP contribution in [-0.2, 0) is 11.8 Å². The van der Waals surface area contributed by atoms with Gasteiger partial charge in [-0.05, 0) is 42.4 Å². The molecule has 1 fully saturated rings. The molecule has 14 heavy (non-hydrogen) atoms. The highest BCUT2D eigenvalue weighted by atomic mass is 79.9. The number of benzene rings is 1. The molecule has 0 aliphatic heterocycles. The zero-order valence-corrected chi connectivity index (χ0v) is 9.55. The van der Waals surface area contributed by atoms with Crippen LogP contribution in [0.25, 0.3) is 0 Å². The van der Waals surface area contributed by atoms with Crippen LogP contribution < -0.4 is 0 Å². The molecule has 3 rings (SSSR count). The first-order valence-electron chi connectivity index (χ1n) is 5.17. The summed E-state index contributed by atoms with van der Waals surface area (Å²) in [5, 5.41) is 9.21. The lowest BCUT2D eigenvalue weighted by Gasteiger charge is -2.10. The van der Waals surface area contributed by atoms with E-state index in [0.717, 1.165) is 0 Å². The van der Waals surface area contributed by atoms with E-state index in [1.165, 1.54) is 34.9 Å². The molecular weight excluding hydrogens is 240 g/mol. The SMILES string of the molecule is OCC1CC12CCc1c(Br)cccc12. The molecule has 2 atom stereocenters. The average molecular weight is 253 g/mol. The summed E-state index contributed by atoms with van der Waals surface area (Å²) in [6, 6.07) is 6.47. The van der Waals surface area contributed by atoms with E-state index in [2.05, 4.69) is 34.1 Å². The van der Waals surface area contributed by atoms with Crippen LogP contribution in [0.3, 0.4) is 0 Å². The Morgan fingerprint density at radius 2 is 2.36 bits per heavy atom. The first kappa shape index (κ1) is 8.93. The van der Waals surface area contributed by atoms with Crippen molar-refractivity contribution in [2.45, 2.75) is 24.7 Å². The fourth-order valence-electron chi connectivity index (χ4n) is 3.02. The number of aliphatic hydroxyl groups is 1. The van der Waals surface area contributed by atoms with Gasteiger partial charge in [-0.2, -0.15) is 0 Å². The first-order chi connectivity index (χ1) is 6.78.